The van der Waals surface area contributed by atoms with E-state index in [9.17, 15) is 13.2 Å². The number of benzene rings is 1. The predicted molar refractivity (Wildman–Crippen MR) is 50.1 cm³/mol. The molecule has 0 nitrogen and oxygen atoms in total. The Morgan fingerprint density at radius 2 is 1.79 bits per heavy atom. The van der Waals surface area contributed by atoms with E-state index >= 15 is 0 Å². The van der Waals surface area contributed by atoms with E-state index < -0.39 is 12.1 Å². The van der Waals surface area contributed by atoms with Crippen LogP contribution in [0.15, 0.2) is 30.3 Å². The molecule has 0 aliphatic carbocycles. The molecule has 0 aromatic heterocycles. The zero-order chi connectivity index (χ0) is 10.6. The fraction of sp³-hybridized carbons (Fsp3) is 0.455. The molecular formula is C11H13F3. The molecule has 0 N–H and O–H groups in total. The average Bonchev–Trinajstić information content (AvgIpc) is 2.19. The fourth-order valence-corrected chi connectivity index (χ4v) is 1.28. The van der Waals surface area contributed by atoms with Gasteiger partial charge in [0.2, 0.25) is 0 Å². The molecule has 1 aromatic carbocycles. The Labute approximate surface area is 81.8 Å². The Bertz CT molecular complexity index is 269. The van der Waals surface area contributed by atoms with Gasteiger partial charge in [0.25, 0.3) is 0 Å². The van der Waals surface area contributed by atoms with Crippen LogP contribution >= 0.6 is 0 Å². The summed E-state index contributed by atoms with van der Waals surface area (Å²) in [7, 11) is 0. The highest BCUT2D eigenvalue weighted by molar-refractivity contribution is 5.21. The molecule has 0 aliphatic rings. The van der Waals surface area contributed by atoms with Crippen LogP contribution in [0.2, 0.25) is 0 Å². The first-order valence-corrected chi connectivity index (χ1v) is 4.66. The van der Waals surface area contributed by atoms with Gasteiger partial charge in [-0.05, 0) is 6.42 Å². The van der Waals surface area contributed by atoms with E-state index in [0.717, 1.165) is 0 Å². The largest absolute Gasteiger partial charge is 0.303 e. The second kappa shape index (κ2) is 4.49. The molecule has 3 heteroatoms. The zero-order valence-corrected chi connectivity index (χ0v) is 8.01. The lowest BCUT2D eigenvalue weighted by Crippen LogP contribution is -2.27. The topological polar surface area (TPSA) is 0 Å². The van der Waals surface area contributed by atoms with Crippen LogP contribution in [-0.4, -0.2) is 6.17 Å². The summed E-state index contributed by atoms with van der Waals surface area (Å²) in [5, 5.41) is 0. The quantitative estimate of drug-likeness (QED) is 0.694. The lowest BCUT2D eigenvalue weighted by Gasteiger charge is -2.20. The lowest BCUT2D eigenvalue weighted by molar-refractivity contribution is -0.0817. The molecule has 0 aliphatic heterocycles. The molecule has 0 fully saturated rings. The van der Waals surface area contributed by atoms with Crippen molar-refractivity contribution in [3.05, 3.63) is 35.9 Å². The summed E-state index contributed by atoms with van der Waals surface area (Å²) in [6, 6.07) is 7.11. The van der Waals surface area contributed by atoms with Crippen LogP contribution in [0.4, 0.5) is 13.2 Å². The molecular weight excluding hydrogens is 189 g/mol. The van der Waals surface area contributed by atoms with E-state index in [1.165, 1.54) is 24.3 Å². The number of halogens is 3. The molecule has 0 amide bonds. The molecule has 1 rings (SSSR count). The number of alkyl halides is 3. The SMILES string of the molecule is CCCC(F)C(F)(F)c1ccccc1. The third kappa shape index (κ3) is 2.28. The molecule has 14 heavy (non-hydrogen) atoms. The first-order valence-electron chi connectivity index (χ1n) is 4.66. The standard InChI is InChI=1S/C11H13F3/c1-2-6-10(12)11(13,14)9-7-4-3-5-8-9/h3-5,7-8,10H,2,6H2,1H3. The zero-order valence-electron chi connectivity index (χ0n) is 8.01. The Morgan fingerprint density at radius 3 is 2.29 bits per heavy atom. The predicted octanol–water partition coefficient (Wildman–Crippen LogP) is 3.92. The molecule has 0 heterocycles. The van der Waals surface area contributed by atoms with Crippen molar-refractivity contribution in [2.45, 2.75) is 31.9 Å². The average molecular weight is 202 g/mol. The first-order chi connectivity index (χ1) is 6.59. The minimum Gasteiger partial charge on any atom is -0.240 e. The van der Waals surface area contributed by atoms with Gasteiger partial charge in [-0.1, -0.05) is 43.7 Å². The number of rotatable bonds is 4. The third-order valence-electron chi connectivity index (χ3n) is 2.09. The summed E-state index contributed by atoms with van der Waals surface area (Å²) in [5.41, 5.74) is -0.249. The molecule has 1 aromatic rings. The Balaban J connectivity index is 2.84. The van der Waals surface area contributed by atoms with Gasteiger partial charge in [0.1, 0.15) is 0 Å². The normalized spacial score (nSPS) is 14.0. The number of hydrogen-bond acceptors (Lipinski definition) is 0. The van der Waals surface area contributed by atoms with Gasteiger partial charge in [0.05, 0.1) is 0 Å². The Kier molecular flexibility index (Phi) is 3.55. The van der Waals surface area contributed by atoms with Crippen molar-refractivity contribution in [1.29, 1.82) is 0 Å². The van der Waals surface area contributed by atoms with Gasteiger partial charge in [-0.25, -0.2) is 4.39 Å². The van der Waals surface area contributed by atoms with Crippen molar-refractivity contribution in [2.75, 3.05) is 0 Å². The van der Waals surface area contributed by atoms with Crippen molar-refractivity contribution < 1.29 is 13.2 Å². The lowest BCUT2D eigenvalue weighted by atomic mass is 10.0. The van der Waals surface area contributed by atoms with Crippen LogP contribution in [-0.2, 0) is 5.92 Å². The van der Waals surface area contributed by atoms with Gasteiger partial charge in [-0.2, -0.15) is 8.78 Å². The van der Waals surface area contributed by atoms with Crippen LogP contribution in [0.1, 0.15) is 25.3 Å². The van der Waals surface area contributed by atoms with Crippen molar-refractivity contribution in [3.63, 3.8) is 0 Å². The summed E-state index contributed by atoms with van der Waals surface area (Å²) < 4.78 is 39.8. The Hall–Kier alpha value is -0.990. The highest BCUT2D eigenvalue weighted by Gasteiger charge is 2.40. The summed E-state index contributed by atoms with van der Waals surface area (Å²) in [6.45, 7) is 1.69. The second-order valence-electron chi connectivity index (χ2n) is 3.25. The van der Waals surface area contributed by atoms with Gasteiger partial charge in [-0.3, -0.25) is 0 Å². The maximum Gasteiger partial charge on any atom is 0.303 e. The Morgan fingerprint density at radius 1 is 1.21 bits per heavy atom. The van der Waals surface area contributed by atoms with Crippen molar-refractivity contribution in [3.8, 4) is 0 Å². The molecule has 0 saturated heterocycles. The van der Waals surface area contributed by atoms with Crippen LogP contribution in [0, 0.1) is 0 Å². The van der Waals surface area contributed by atoms with E-state index in [2.05, 4.69) is 0 Å². The fourth-order valence-electron chi connectivity index (χ4n) is 1.28. The van der Waals surface area contributed by atoms with Gasteiger partial charge in [0, 0.05) is 5.56 Å². The monoisotopic (exact) mass is 202 g/mol. The van der Waals surface area contributed by atoms with E-state index in [1.807, 2.05) is 0 Å². The van der Waals surface area contributed by atoms with Crippen LogP contribution in [0.3, 0.4) is 0 Å². The molecule has 0 radical (unpaired) electrons. The molecule has 78 valence electrons. The van der Waals surface area contributed by atoms with Crippen LogP contribution in [0.25, 0.3) is 0 Å². The van der Waals surface area contributed by atoms with Gasteiger partial charge < -0.3 is 0 Å². The van der Waals surface area contributed by atoms with Crippen LogP contribution < -0.4 is 0 Å². The summed E-state index contributed by atoms with van der Waals surface area (Å²) in [5.74, 6) is -3.36. The first kappa shape index (κ1) is 11.1. The maximum absolute atomic E-state index is 13.4. The highest BCUT2D eigenvalue weighted by Crippen LogP contribution is 2.35. The maximum atomic E-state index is 13.4. The van der Waals surface area contributed by atoms with Crippen molar-refractivity contribution in [1.82, 2.24) is 0 Å². The van der Waals surface area contributed by atoms with Gasteiger partial charge in [-0.15, -0.1) is 0 Å². The van der Waals surface area contributed by atoms with E-state index in [4.69, 9.17) is 0 Å². The van der Waals surface area contributed by atoms with E-state index in [-0.39, 0.29) is 12.0 Å². The van der Waals surface area contributed by atoms with Crippen LogP contribution in [0.5, 0.6) is 0 Å². The molecule has 1 unspecified atom stereocenters. The summed E-state index contributed by atoms with van der Waals surface area (Å²) >= 11 is 0. The molecule has 0 spiro atoms. The molecule has 0 saturated carbocycles. The van der Waals surface area contributed by atoms with Crippen molar-refractivity contribution >= 4 is 0 Å². The van der Waals surface area contributed by atoms with Crippen molar-refractivity contribution in [2.24, 2.45) is 0 Å². The summed E-state index contributed by atoms with van der Waals surface area (Å²) in [4.78, 5) is 0. The van der Waals surface area contributed by atoms with Gasteiger partial charge in [0.15, 0.2) is 6.17 Å². The third-order valence-corrected chi connectivity index (χ3v) is 2.09. The minimum absolute atomic E-state index is 0.109. The number of hydrogen-bond donors (Lipinski definition) is 0. The highest BCUT2D eigenvalue weighted by atomic mass is 19.3. The van der Waals surface area contributed by atoms with E-state index in [0.29, 0.717) is 6.42 Å². The second-order valence-corrected chi connectivity index (χ2v) is 3.25. The van der Waals surface area contributed by atoms with Gasteiger partial charge >= 0.3 is 5.92 Å². The summed E-state index contributed by atoms with van der Waals surface area (Å²) in [6.07, 6.45) is -1.78. The minimum atomic E-state index is -3.36. The molecule has 0 bridgehead atoms. The smallest absolute Gasteiger partial charge is 0.240 e. The van der Waals surface area contributed by atoms with E-state index in [1.54, 1.807) is 13.0 Å². The molecule has 1 atom stereocenters.